The minimum atomic E-state index is -0.322. The maximum absolute atomic E-state index is 13.3. The van der Waals surface area contributed by atoms with Crippen molar-refractivity contribution in [2.24, 2.45) is 11.3 Å². The van der Waals surface area contributed by atoms with Crippen LogP contribution >= 0.6 is 0 Å². The highest BCUT2D eigenvalue weighted by Crippen LogP contribution is 2.49. The average molecular weight is 362 g/mol. The SMILES string of the molecule is COCCNC(=O)[C@H]1CCC[C@]12CCN(C(=O)Cc1cccc(F)c1)C2. The Hall–Kier alpha value is -1.95. The van der Waals surface area contributed by atoms with Gasteiger partial charge in [-0.3, -0.25) is 9.59 Å². The molecule has 26 heavy (non-hydrogen) atoms. The van der Waals surface area contributed by atoms with Crippen LogP contribution < -0.4 is 5.32 Å². The summed E-state index contributed by atoms with van der Waals surface area (Å²) in [6, 6.07) is 6.19. The second-order valence-corrected chi connectivity index (χ2v) is 7.46. The molecule has 0 aromatic heterocycles. The average Bonchev–Trinajstić information content (AvgIpc) is 3.23. The van der Waals surface area contributed by atoms with Gasteiger partial charge in [-0.05, 0) is 37.0 Å². The number of ether oxygens (including phenoxy) is 1. The minimum Gasteiger partial charge on any atom is -0.383 e. The Kier molecular flexibility index (Phi) is 5.91. The Balaban J connectivity index is 1.60. The van der Waals surface area contributed by atoms with Gasteiger partial charge in [-0.1, -0.05) is 18.6 Å². The Morgan fingerprint density at radius 1 is 1.38 bits per heavy atom. The summed E-state index contributed by atoms with van der Waals surface area (Å²) in [4.78, 5) is 27.1. The fourth-order valence-electron chi connectivity index (χ4n) is 4.48. The fourth-order valence-corrected chi connectivity index (χ4v) is 4.48. The molecule has 0 bridgehead atoms. The number of hydrogen-bond acceptors (Lipinski definition) is 3. The van der Waals surface area contributed by atoms with E-state index in [1.54, 1.807) is 19.2 Å². The first kappa shape index (κ1) is 18.8. The summed E-state index contributed by atoms with van der Waals surface area (Å²) in [5.41, 5.74) is 0.589. The smallest absolute Gasteiger partial charge is 0.227 e. The van der Waals surface area contributed by atoms with Crippen molar-refractivity contribution in [3.05, 3.63) is 35.6 Å². The molecule has 6 heteroatoms. The van der Waals surface area contributed by atoms with Crippen LogP contribution in [0.2, 0.25) is 0 Å². The Bertz CT molecular complexity index is 666. The number of nitrogens with one attached hydrogen (secondary N) is 1. The Morgan fingerprint density at radius 2 is 2.23 bits per heavy atom. The van der Waals surface area contributed by atoms with Crippen LogP contribution in [0.3, 0.4) is 0 Å². The molecule has 5 nitrogen and oxygen atoms in total. The predicted octanol–water partition coefficient (Wildman–Crippen LogP) is 2.15. The molecule has 1 saturated carbocycles. The summed E-state index contributed by atoms with van der Waals surface area (Å²) in [7, 11) is 1.61. The number of nitrogens with zero attached hydrogens (tertiary/aromatic N) is 1. The largest absolute Gasteiger partial charge is 0.383 e. The lowest BCUT2D eigenvalue weighted by atomic mass is 9.76. The van der Waals surface area contributed by atoms with Crippen molar-refractivity contribution in [1.29, 1.82) is 0 Å². The van der Waals surface area contributed by atoms with Crippen LogP contribution in [0, 0.1) is 17.2 Å². The van der Waals surface area contributed by atoms with Gasteiger partial charge in [0.1, 0.15) is 5.82 Å². The van der Waals surface area contributed by atoms with E-state index >= 15 is 0 Å². The molecule has 1 saturated heterocycles. The maximum Gasteiger partial charge on any atom is 0.227 e. The standard InChI is InChI=1S/C20H27FN2O3/c1-26-11-9-22-19(25)17-6-3-7-20(17)8-10-23(14-20)18(24)13-15-4-2-5-16(21)12-15/h2,4-5,12,17H,3,6-11,13-14H2,1H3,(H,22,25)/t17-,20-/m1/s1. The van der Waals surface area contributed by atoms with Gasteiger partial charge < -0.3 is 15.0 Å². The van der Waals surface area contributed by atoms with Crippen molar-refractivity contribution in [3.8, 4) is 0 Å². The van der Waals surface area contributed by atoms with Crippen molar-refractivity contribution in [1.82, 2.24) is 10.2 Å². The zero-order valence-corrected chi connectivity index (χ0v) is 15.3. The third-order valence-electron chi connectivity index (χ3n) is 5.81. The molecule has 2 aliphatic rings. The van der Waals surface area contributed by atoms with Crippen molar-refractivity contribution >= 4 is 11.8 Å². The molecule has 142 valence electrons. The third kappa shape index (κ3) is 4.06. The van der Waals surface area contributed by atoms with E-state index in [-0.39, 0.29) is 35.4 Å². The second kappa shape index (κ2) is 8.16. The number of rotatable bonds is 6. The highest BCUT2D eigenvalue weighted by molar-refractivity contribution is 5.81. The van der Waals surface area contributed by atoms with Crippen molar-refractivity contribution < 1.29 is 18.7 Å². The van der Waals surface area contributed by atoms with Gasteiger partial charge in [0, 0.05) is 38.1 Å². The number of hydrogen-bond donors (Lipinski definition) is 1. The predicted molar refractivity (Wildman–Crippen MR) is 96.0 cm³/mol. The Labute approximate surface area is 153 Å². The molecule has 2 atom stereocenters. The van der Waals surface area contributed by atoms with Gasteiger partial charge in [-0.15, -0.1) is 0 Å². The van der Waals surface area contributed by atoms with Gasteiger partial charge in [-0.2, -0.15) is 0 Å². The topological polar surface area (TPSA) is 58.6 Å². The zero-order valence-electron chi connectivity index (χ0n) is 15.3. The van der Waals surface area contributed by atoms with Crippen LogP contribution in [-0.2, 0) is 20.7 Å². The molecular weight excluding hydrogens is 335 g/mol. The third-order valence-corrected chi connectivity index (χ3v) is 5.81. The lowest BCUT2D eigenvalue weighted by Crippen LogP contribution is -2.42. The normalized spacial score (nSPS) is 25.0. The summed E-state index contributed by atoms with van der Waals surface area (Å²) in [5, 5.41) is 2.96. The fraction of sp³-hybridized carbons (Fsp3) is 0.600. The van der Waals surface area contributed by atoms with E-state index in [0.29, 0.717) is 31.8 Å². The quantitative estimate of drug-likeness (QED) is 0.789. The number of halogens is 1. The van der Waals surface area contributed by atoms with Gasteiger partial charge in [0.2, 0.25) is 11.8 Å². The maximum atomic E-state index is 13.3. The van der Waals surface area contributed by atoms with E-state index in [0.717, 1.165) is 25.7 Å². The van der Waals surface area contributed by atoms with E-state index in [2.05, 4.69) is 5.32 Å². The van der Waals surface area contributed by atoms with Gasteiger partial charge in [0.15, 0.2) is 0 Å². The first-order valence-corrected chi connectivity index (χ1v) is 9.33. The van der Waals surface area contributed by atoms with Crippen LogP contribution in [0.4, 0.5) is 4.39 Å². The molecule has 1 aromatic rings. The molecule has 1 aliphatic carbocycles. The first-order chi connectivity index (χ1) is 12.5. The van der Waals surface area contributed by atoms with Gasteiger partial charge in [0.05, 0.1) is 13.0 Å². The van der Waals surface area contributed by atoms with E-state index in [1.165, 1.54) is 12.1 Å². The van der Waals surface area contributed by atoms with Crippen LogP contribution in [0.15, 0.2) is 24.3 Å². The summed E-state index contributed by atoms with van der Waals surface area (Å²) >= 11 is 0. The van der Waals surface area contributed by atoms with Crippen molar-refractivity contribution in [3.63, 3.8) is 0 Å². The molecule has 1 N–H and O–H groups in total. The van der Waals surface area contributed by atoms with Gasteiger partial charge >= 0.3 is 0 Å². The van der Waals surface area contributed by atoms with Gasteiger partial charge in [-0.25, -0.2) is 4.39 Å². The monoisotopic (exact) mass is 362 g/mol. The second-order valence-electron chi connectivity index (χ2n) is 7.46. The van der Waals surface area contributed by atoms with E-state index < -0.39 is 0 Å². The molecule has 0 unspecified atom stereocenters. The number of likely N-dealkylation sites (tertiary alicyclic amines) is 1. The molecule has 1 spiro atoms. The van der Waals surface area contributed by atoms with Crippen LogP contribution in [0.25, 0.3) is 0 Å². The molecule has 1 aliphatic heterocycles. The van der Waals surface area contributed by atoms with E-state index in [1.807, 2.05) is 4.90 Å². The number of methoxy groups -OCH3 is 1. The molecule has 2 amide bonds. The van der Waals surface area contributed by atoms with Crippen LogP contribution in [0.5, 0.6) is 0 Å². The van der Waals surface area contributed by atoms with Crippen LogP contribution in [-0.4, -0.2) is 50.1 Å². The summed E-state index contributed by atoms with van der Waals surface area (Å²) in [6.07, 6.45) is 3.96. The summed E-state index contributed by atoms with van der Waals surface area (Å²) in [5.74, 6) is -0.264. The number of carbonyl (C=O) groups is 2. The van der Waals surface area contributed by atoms with Crippen molar-refractivity contribution in [2.45, 2.75) is 32.1 Å². The Morgan fingerprint density at radius 3 is 3.00 bits per heavy atom. The highest BCUT2D eigenvalue weighted by Gasteiger charge is 2.51. The highest BCUT2D eigenvalue weighted by atomic mass is 19.1. The van der Waals surface area contributed by atoms with Gasteiger partial charge in [0.25, 0.3) is 0 Å². The zero-order chi connectivity index (χ0) is 18.6. The lowest BCUT2D eigenvalue weighted by Gasteiger charge is -2.30. The number of amides is 2. The number of carbonyl (C=O) groups excluding carboxylic acids is 2. The molecule has 1 heterocycles. The van der Waals surface area contributed by atoms with E-state index in [9.17, 15) is 14.0 Å². The van der Waals surface area contributed by atoms with Crippen molar-refractivity contribution in [2.75, 3.05) is 33.4 Å². The van der Waals surface area contributed by atoms with E-state index in [4.69, 9.17) is 4.74 Å². The molecule has 0 radical (unpaired) electrons. The molecule has 1 aromatic carbocycles. The first-order valence-electron chi connectivity index (χ1n) is 9.33. The molecule has 3 rings (SSSR count). The minimum absolute atomic E-state index is 0.0120. The lowest BCUT2D eigenvalue weighted by molar-refractivity contribution is -0.132. The van der Waals surface area contributed by atoms with Crippen LogP contribution in [0.1, 0.15) is 31.2 Å². The molecule has 2 fully saturated rings. The summed E-state index contributed by atoms with van der Waals surface area (Å²) in [6.45, 7) is 2.33. The summed E-state index contributed by atoms with van der Waals surface area (Å²) < 4.78 is 18.3. The molecular formula is C20H27FN2O3. The number of benzene rings is 1.